The van der Waals surface area contributed by atoms with Crippen LogP contribution in [0.3, 0.4) is 0 Å². The topological polar surface area (TPSA) is 0 Å². The molecule has 1 aromatic rings. The lowest BCUT2D eigenvalue weighted by molar-refractivity contribution is 1.02. The molecule has 0 bridgehead atoms. The van der Waals surface area contributed by atoms with Crippen LogP contribution >= 0.6 is 37.9 Å². The summed E-state index contributed by atoms with van der Waals surface area (Å²) in [6.07, 6.45) is 0. The van der Waals surface area contributed by atoms with E-state index in [0.717, 1.165) is 0 Å². The number of thiol groups is 3. The van der Waals surface area contributed by atoms with Crippen molar-refractivity contribution in [2.45, 2.75) is 36.5 Å². The standard InChI is InChI=1S/C12H18S3/c1-7(13)10-4-11(8(2)14)6-12(5-10)9(3)15/h4-9,13-15H,1-3H3. The SMILES string of the molecule is CC(S)c1cc(C(C)S)cc(C(C)S)c1. The van der Waals surface area contributed by atoms with Crippen molar-refractivity contribution >= 4 is 37.9 Å². The molecule has 3 heteroatoms. The van der Waals surface area contributed by atoms with Crippen molar-refractivity contribution in [3.8, 4) is 0 Å². The van der Waals surface area contributed by atoms with E-state index in [0.29, 0.717) is 0 Å². The summed E-state index contributed by atoms with van der Waals surface area (Å²) in [5, 5.41) is 0.758. The summed E-state index contributed by atoms with van der Waals surface area (Å²) >= 11 is 13.4. The van der Waals surface area contributed by atoms with Gasteiger partial charge in [-0.3, -0.25) is 0 Å². The van der Waals surface area contributed by atoms with Gasteiger partial charge >= 0.3 is 0 Å². The fourth-order valence-electron chi connectivity index (χ4n) is 1.43. The van der Waals surface area contributed by atoms with Crippen LogP contribution in [0.25, 0.3) is 0 Å². The first-order valence-electron chi connectivity index (χ1n) is 5.10. The third kappa shape index (κ3) is 3.65. The maximum absolute atomic E-state index is 4.47. The molecule has 0 radical (unpaired) electrons. The highest BCUT2D eigenvalue weighted by Crippen LogP contribution is 2.30. The van der Waals surface area contributed by atoms with E-state index in [1.165, 1.54) is 16.7 Å². The van der Waals surface area contributed by atoms with Crippen LogP contribution in [0.2, 0.25) is 0 Å². The molecular formula is C12H18S3. The third-order valence-electron chi connectivity index (χ3n) is 2.45. The minimum Gasteiger partial charge on any atom is -0.171 e. The summed E-state index contributed by atoms with van der Waals surface area (Å²) < 4.78 is 0. The second kappa shape index (κ2) is 5.55. The summed E-state index contributed by atoms with van der Waals surface area (Å²) in [4.78, 5) is 0. The second-order valence-electron chi connectivity index (χ2n) is 3.96. The van der Waals surface area contributed by atoms with E-state index in [1.807, 2.05) is 0 Å². The summed E-state index contributed by atoms with van der Waals surface area (Å²) in [6, 6.07) is 6.53. The van der Waals surface area contributed by atoms with E-state index in [2.05, 4.69) is 76.9 Å². The molecule has 0 saturated carbocycles. The van der Waals surface area contributed by atoms with E-state index in [4.69, 9.17) is 0 Å². The highest BCUT2D eigenvalue weighted by molar-refractivity contribution is 7.80. The highest BCUT2D eigenvalue weighted by Gasteiger charge is 2.09. The molecule has 0 spiro atoms. The Bertz CT molecular complexity index is 265. The van der Waals surface area contributed by atoms with Gasteiger partial charge in [0.25, 0.3) is 0 Å². The van der Waals surface area contributed by atoms with Crippen LogP contribution in [0.5, 0.6) is 0 Å². The van der Waals surface area contributed by atoms with E-state index >= 15 is 0 Å². The van der Waals surface area contributed by atoms with Crippen molar-refractivity contribution in [1.29, 1.82) is 0 Å². The molecule has 0 saturated heterocycles. The number of benzene rings is 1. The Labute approximate surface area is 109 Å². The Morgan fingerprint density at radius 2 is 0.867 bits per heavy atom. The molecular weight excluding hydrogens is 240 g/mol. The van der Waals surface area contributed by atoms with E-state index in [9.17, 15) is 0 Å². The minimum atomic E-state index is 0.253. The Kier molecular flexibility index (Phi) is 4.94. The van der Waals surface area contributed by atoms with Gasteiger partial charge in [-0.2, -0.15) is 37.9 Å². The number of rotatable bonds is 3. The van der Waals surface area contributed by atoms with Crippen LogP contribution in [0.15, 0.2) is 18.2 Å². The zero-order valence-electron chi connectivity index (χ0n) is 9.31. The smallest absolute Gasteiger partial charge is 0.0239 e. The van der Waals surface area contributed by atoms with Crippen molar-refractivity contribution in [2.75, 3.05) is 0 Å². The van der Waals surface area contributed by atoms with Crippen molar-refractivity contribution < 1.29 is 0 Å². The summed E-state index contributed by atoms with van der Waals surface area (Å²) in [5.74, 6) is 0. The van der Waals surface area contributed by atoms with Crippen molar-refractivity contribution in [3.63, 3.8) is 0 Å². The van der Waals surface area contributed by atoms with Gasteiger partial charge in [0.15, 0.2) is 0 Å². The predicted molar refractivity (Wildman–Crippen MR) is 78.6 cm³/mol. The van der Waals surface area contributed by atoms with E-state index in [-0.39, 0.29) is 15.7 Å². The van der Waals surface area contributed by atoms with E-state index < -0.39 is 0 Å². The Morgan fingerprint density at radius 1 is 0.667 bits per heavy atom. The molecule has 0 N–H and O–H groups in total. The average Bonchev–Trinajstić information content (AvgIpc) is 2.16. The van der Waals surface area contributed by atoms with Crippen molar-refractivity contribution in [1.82, 2.24) is 0 Å². The van der Waals surface area contributed by atoms with Gasteiger partial charge in [0.05, 0.1) is 0 Å². The summed E-state index contributed by atoms with van der Waals surface area (Å²) in [7, 11) is 0. The monoisotopic (exact) mass is 258 g/mol. The third-order valence-corrected chi connectivity index (χ3v) is 3.34. The molecule has 3 unspecified atom stereocenters. The lowest BCUT2D eigenvalue weighted by Gasteiger charge is -2.15. The quantitative estimate of drug-likeness (QED) is 0.645. The Morgan fingerprint density at radius 3 is 1.00 bits per heavy atom. The number of hydrogen-bond acceptors (Lipinski definition) is 3. The molecule has 0 nitrogen and oxygen atoms in total. The predicted octanol–water partition coefficient (Wildman–Crippen LogP) is 4.66. The molecule has 0 aliphatic heterocycles. The molecule has 3 atom stereocenters. The first-order chi connectivity index (χ1) is 6.91. The maximum Gasteiger partial charge on any atom is 0.0239 e. The van der Waals surface area contributed by atoms with Gasteiger partial charge in [-0.05, 0) is 37.5 Å². The largest absolute Gasteiger partial charge is 0.171 e. The van der Waals surface area contributed by atoms with Gasteiger partial charge < -0.3 is 0 Å². The molecule has 0 fully saturated rings. The maximum atomic E-state index is 4.47. The fourth-order valence-corrected chi connectivity index (χ4v) is 1.87. The fraction of sp³-hybridized carbons (Fsp3) is 0.500. The van der Waals surface area contributed by atoms with Crippen LogP contribution in [-0.2, 0) is 0 Å². The van der Waals surface area contributed by atoms with Crippen molar-refractivity contribution in [2.24, 2.45) is 0 Å². The van der Waals surface area contributed by atoms with Gasteiger partial charge in [0.1, 0.15) is 0 Å². The van der Waals surface area contributed by atoms with Crippen LogP contribution in [-0.4, -0.2) is 0 Å². The Hall–Kier alpha value is 0.270. The molecule has 15 heavy (non-hydrogen) atoms. The first kappa shape index (κ1) is 13.3. The minimum absolute atomic E-state index is 0.253. The lowest BCUT2D eigenvalue weighted by atomic mass is 10.0. The van der Waals surface area contributed by atoms with Gasteiger partial charge in [-0.25, -0.2) is 0 Å². The van der Waals surface area contributed by atoms with Crippen LogP contribution in [0.4, 0.5) is 0 Å². The Balaban J connectivity index is 3.20. The molecule has 0 aliphatic carbocycles. The molecule has 0 heterocycles. The highest BCUT2D eigenvalue weighted by atomic mass is 32.1. The molecule has 84 valence electrons. The van der Waals surface area contributed by atoms with Crippen LogP contribution < -0.4 is 0 Å². The average molecular weight is 258 g/mol. The van der Waals surface area contributed by atoms with Gasteiger partial charge in [0, 0.05) is 15.7 Å². The normalized spacial score (nSPS) is 17.2. The van der Waals surface area contributed by atoms with Gasteiger partial charge in [-0.1, -0.05) is 18.2 Å². The molecule has 0 aromatic heterocycles. The molecule has 1 aromatic carbocycles. The number of hydrogen-bond donors (Lipinski definition) is 3. The van der Waals surface area contributed by atoms with Gasteiger partial charge in [-0.15, -0.1) is 0 Å². The zero-order valence-corrected chi connectivity index (χ0v) is 12.0. The van der Waals surface area contributed by atoms with Crippen LogP contribution in [0, 0.1) is 0 Å². The molecule has 0 aliphatic rings. The van der Waals surface area contributed by atoms with Gasteiger partial charge in [0.2, 0.25) is 0 Å². The molecule has 1 rings (SSSR count). The van der Waals surface area contributed by atoms with E-state index in [1.54, 1.807) is 0 Å². The summed E-state index contributed by atoms with van der Waals surface area (Å²) in [5.41, 5.74) is 3.73. The summed E-state index contributed by atoms with van der Waals surface area (Å²) in [6.45, 7) is 6.25. The molecule has 0 amide bonds. The van der Waals surface area contributed by atoms with Crippen LogP contribution in [0.1, 0.15) is 53.2 Å². The lowest BCUT2D eigenvalue weighted by Crippen LogP contribution is -1.95. The second-order valence-corrected chi connectivity index (χ2v) is 6.28. The zero-order chi connectivity index (χ0) is 11.6. The van der Waals surface area contributed by atoms with Crippen molar-refractivity contribution in [3.05, 3.63) is 34.9 Å². The first-order valence-corrected chi connectivity index (χ1v) is 6.65.